The second kappa shape index (κ2) is 5.88. The SMILES string of the molecule is COCCCSc1cc(F)ccc1N. The molecule has 0 amide bonds. The van der Waals surface area contributed by atoms with Gasteiger partial charge in [-0.1, -0.05) is 0 Å². The Kier molecular flexibility index (Phi) is 4.76. The van der Waals surface area contributed by atoms with E-state index in [2.05, 4.69) is 0 Å². The lowest BCUT2D eigenvalue weighted by molar-refractivity contribution is 0.200. The van der Waals surface area contributed by atoms with Crippen molar-refractivity contribution in [1.29, 1.82) is 0 Å². The zero-order chi connectivity index (χ0) is 10.4. The van der Waals surface area contributed by atoms with E-state index in [1.165, 1.54) is 12.1 Å². The van der Waals surface area contributed by atoms with Crippen molar-refractivity contribution >= 4 is 17.4 Å². The van der Waals surface area contributed by atoms with E-state index in [1.807, 2.05) is 0 Å². The lowest BCUT2D eigenvalue weighted by Gasteiger charge is -2.04. The van der Waals surface area contributed by atoms with Crippen LogP contribution in [0.4, 0.5) is 10.1 Å². The van der Waals surface area contributed by atoms with Gasteiger partial charge in [-0.3, -0.25) is 0 Å². The van der Waals surface area contributed by atoms with Crippen molar-refractivity contribution in [2.24, 2.45) is 0 Å². The number of anilines is 1. The first-order chi connectivity index (χ1) is 6.74. The lowest BCUT2D eigenvalue weighted by atomic mass is 10.3. The average molecular weight is 215 g/mol. The van der Waals surface area contributed by atoms with Gasteiger partial charge in [-0.05, 0) is 24.6 Å². The van der Waals surface area contributed by atoms with Crippen molar-refractivity contribution < 1.29 is 9.13 Å². The fraction of sp³-hybridized carbons (Fsp3) is 0.400. The summed E-state index contributed by atoms with van der Waals surface area (Å²) < 4.78 is 17.7. The Labute approximate surface area is 87.6 Å². The first-order valence-electron chi connectivity index (χ1n) is 4.41. The van der Waals surface area contributed by atoms with Gasteiger partial charge in [-0.25, -0.2) is 4.39 Å². The van der Waals surface area contributed by atoms with Gasteiger partial charge in [-0.2, -0.15) is 0 Å². The van der Waals surface area contributed by atoms with Crippen molar-refractivity contribution in [2.45, 2.75) is 11.3 Å². The molecule has 78 valence electrons. The van der Waals surface area contributed by atoms with Gasteiger partial charge >= 0.3 is 0 Å². The van der Waals surface area contributed by atoms with E-state index in [-0.39, 0.29) is 5.82 Å². The number of nitrogens with two attached hydrogens (primary N) is 1. The van der Waals surface area contributed by atoms with Gasteiger partial charge in [0.25, 0.3) is 0 Å². The Balaban J connectivity index is 2.45. The standard InChI is InChI=1S/C10H14FNOS/c1-13-5-2-6-14-10-7-8(11)3-4-9(10)12/h3-4,7H,2,5-6,12H2,1H3. The molecule has 0 spiro atoms. The van der Waals surface area contributed by atoms with Crippen LogP contribution in [0.2, 0.25) is 0 Å². The first-order valence-corrected chi connectivity index (χ1v) is 5.39. The molecule has 2 N–H and O–H groups in total. The summed E-state index contributed by atoms with van der Waals surface area (Å²) in [5.74, 6) is 0.648. The Morgan fingerprint density at radius 2 is 2.29 bits per heavy atom. The molecule has 2 nitrogen and oxygen atoms in total. The van der Waals surface area contributed by atoms with Gasteiger partial charge in [0.15, 0.2) is 0 Å². The minimum absolute atomic E-state index is 0.242. The third-order valence-electron chi connectivity index (χ3n) is 1.73. The van der Waals surface area contributed by atoms with E-state index in [1.54, 1.807) is 24.9 Å². The molecule has 0 bridgehead atoms. The molecule has 0 saturated heterocycles. The Morgan fingerprint density at radius 3 is 3.00 bits per heavy atom. The maximum atomic E-state index is 12.8. The first kappa shape index (κ1) is 11.3. The van der Waals surface area contributed by atoms with Gasteiger partial charge < -0.3 is 10.5 Å². The summed E-state index contributed by atoms with van der Waals surface area (Å²) >= 11 is 1.56. The van der Waals surface area contributed by atoms with Crippen LogP contribution < -0.4 is 5.73 Å². The van der Waals surface area contributed by atoms with Gasteiger partial charge in [0.1, 0.15) is 5.82 Å². The summed E-state index contributed by atoms with van der Waals surface area (Å²) in [6, 6.07) is 4.43. The molecule has 0 fully saturated rings. The van der Waals surface area contributed by atoms with E-state index >= 15 is 0 Å². The third-order valence-corrected chi connectivity index (χ3v) is 2.88. The largest absolute Gasteiger partial charge is 0.398 e. The van der Waals surface area contributed by atoms with E-state index in [0.29, 0.717) is 5.69 Å². The zero-order valence-electron chi connectivity index (χ0n) is 8.13. The maximum Gasteiger partial charge on any atom is 0.124 e. The highest BCUT2D eigenvalue weighted by atomic mass is 32.2. The Hall–Kier alpha value is -0.740. The zero-order valence-corrected chi connectivity index (χ0v) is 8.94. The predicted octanol–water partition coefficient (Wildman–Crippen LogP) is 2.54. The summed E-state index contributed by atoms with van der Waals surface area (Å²) in [6.45, 7) is 0.724. The summed E-state index contributed by atoms with van der Waals surface area (Å²) in [7, 11) is 1.67. The van der Waals surface area contributed by atoms with Gasteiger partial charge in [-0.15, -0.1) is 11.8 Å². The minimum Gasteiger partial charge on any atom is -0.398 e. The maximum absolute atomic E-state index is 12.8. The average Bonchev–Trinajstić information content (AvgIpc) is 2.18. The molecule has 1 rings (SSSR count). The van der Waals surface area contributed by atoms with Crippen LogP contribution in [0.5, 0.6) is 0 Å². The van der Waals surface area contributed by atoms with Crippen LogP contribution in [0.3, 0.4) is 0 Å². The van der Waals surface area contributed by atoms with Crippen molar-refractivity contribution in [2.75, 3.05) is 25.2 Å². The molecular weight excluding hydrogens is 201 g/mol. The van der Waals surface area contributed by atoms with Crippen molar-refractivity contribution in [1.82, 2.24) is 0 Å². The topological polar surface area (TPSA) is 35.2 Å². The van der Waals surface area contributed by atoms with E-state index in [9.17, 15) is 4.39 Å². The summed E-state index contributed by atoms with van der Waals surface area (Å²) in [4.78, 5) is 0.807. The van der Waals surface area contributed by atoms with Crippen molar-refractivity contribution in [3.8, 4) is 0 Å². The number of halogens is 1. The van der Waals surface area contributed by atoms with E-state index < -0.39 is 0 Å². The molecular formula is C10H14FNOS. The second-order valence-corrected chi connectivity index (χ2v) is 4.01. The summed E-state index contributed by atoms with van der Waals surface area (Å²) in [5.41, 5.74) is 6.32. The number of nitrogen functional groups attached to an aromatic ring is 1. The number of ether oxygens (including phenoxy) is 1. The molecule has 0 heterocycles. The number of rotatable bonds is 5. The smallest absolute Gasteiger partial charge is 0.124 e. The lowest BCUT2D eigenvalue weighted by Crippen LogP contribution is -1.93. The van der Waals surface area contributed by atoms with Crippen LogP contribution in [0.15, 0.2) is 23.1 Å². The summed E-state index contributed by atoms with van der Waals surface area (Å²) in [6.07, 6.45) is 0.942. The monoisotopic (exact) mass is 215 g/mol. The van der Waals surface area contributed by atoms with Crippen LogP contribution in [0.25, 0.3) is 0 Å². The Bertz CT molecular complexity index is 293. The van der Waals surface area contributed by atoms with Crippen LogP contribution in [0.1, 0.15) is 6.42 Å². The predicted molar refractivity (Wildman–Crippen MR) is 58.0 cm³/mol. The van der Waals surface area contributed by atoms with Crippen LogP contribution in [-0.2, 0) is 4.74 Å². The van der Waals surface area contributed by atoms with Gasteiger partial charge in [0, 0.05) is 30.1 Å². The van der Waals surface area contributed by atoms with Crippen molar-refractivity contribution in [3.63, 3.8) is 0 Å². The summed E-state index contributed by atoms with van der Waals surface area (Å²) in [5, 5.41) is 0. The molecule has 1 aromatic carbocycles. The fourth-order valence-electron chi connectivity index (χ4n) is 1.02. The molecule has 0 aliphatic heterocycles. The fourth-order valence-corrected chi connectivity index (χ4v) is 1.93. The number of benzene rings is 1. The molecule has 0 atom stereocenters. The van der Waals surface area contributed by atoms with Gasteiger partial charge in [0.2, 0.25) is 0 Å². The molecule has 0 aromatic heterocycles. The van der Waals surface area contributed by atoms with Gasteiger partial charge in [0.05, 0.1) is 0 Å². The molecule has 14 heavy (non-hydrogen) atoms. The van der Waals surface area contributed by atoms with E-state index in [0.717, 1.165) is 23.7 Å². The highest BCUT2D eigenvalue weighted by Gasteiger charge is 2.01. The number of hydrogen-bond acceptors (Lipinski definition) is 3. The van der Waals surface area contributed by atoms with Crippen LogP contribution in [0, 0.1) is 5.82 Å². The number of thioether (sulfide) groups is 1. The highest BCUT2D eigenvalue weighted by molar-refractivity contribution is 7.99. The minimum atomic E-state index is -0.242. The quantitative estimate of drug-likeness (QED) is 0.466. The van der Waals surface area contributed by atoms with Crippen LogP contribution in [-0.4, -0.2) is 19.5 Å². The molecule has 4 heteroatoms. The number of hydrogen-bond donors (Lipinski definition) is 1. The van der Waals surface area contributed by atoms with Crippen molar-refractivity contribution in [3.05, 3.63) is 24.0 Å². The normalized spacial score (nSPS) is 10.4. The highest BCUT2D eigenvalue weighted by Crippen LogP contribution is 2.25. The molecule has 0 aliphatic carbocycles. The molecule has 0 unspecified atom stereocenters. The number of methoxy groups -OCH3 is 1. The molecule has 0 aliphatic rings. The second-order valence-electron chi connectivity index (χ2n) is 2.88. The van der Waals surface area contributed by atoms with E-state index in [4.69, 9.17) is 10.5 Å². The van der Waals surface area contributed by atoms with Crippen LogP contribution >= 0.6 is 11.8 Å². The molecule has 1 aromatic rings. The third kappa shape index (κ3) is 3.55. The molecule has 0 saturated carbocycles. The molecule has 0 radical (unpaired) electrons. The Morgan fingerprint density at radius 1 is 1.50 bits per heavy atom.